The number of hydrogen-bond acceptors (Lipinski definition) is 3. The molecule has 0 spiro atoms. The lowest BCUT2D eigenvalue weighted by Gasteiger charge is -2.10. The van der Waals surface area contributed by atoms with Crippen molar-refractivity contribution in [3.05, 3.63) is 20.8 Å². The maximum atomic E-state index is 5.56. The Kier molecular flexibility index (Phi) is 3.99. The average Bonchev–Trinajstić information content (AvgIpc) is 2.77. The Morgan fingerprint density at radius 1 is 1.50 bits per heavy atom. The van der Waals surface area contributed by atoms with Crippen LogP contribution in [0.5, 0.6) is 0 Å². The topological polar surface area (TPSA) is 21.3 Å². The summed E-state index contributed by atoms with van der Waals surface area (Å²) in [6.07, 6.45) is 5.49. The Morgan fingerprint density at radius 2 is 2.29 bits per heavy atom. The van der Waals surface area contributed by atoms with Crippen LogP contribution < -0.4 is 5.48 Å². The van der Waals surface area contributed by atoms with E-state index in [2.05, 4.69) is 32.9 Å². The molecule has 0 bridgehead atoms. The molecular formula is C10H14BrNOS. The highest BCUT2D eigenvalue weighted by Gasteiger charge is 2.15. The largest absolute Gasteiger partial charge is 0.298 e. The van der Waals surface area contributed by atoms with Crippen LogP contribution in [0, 0.1) is 0 Å². The molecule has 1 fully saturated rings. The summed E-state index contributed by atoms with van der Waals surface area (Å²) in [5, 5.41) is 2.13. The summed E-state index contributed by atoms with van der Waals surface area (Å²) in [5.74, 6) is 0. The van der Waals surface area contributed by atoms with Crippen molar-refractivity contribution < 1.29 is 4.84 Å². The summed E-state index contributed by atoms with van der Waals surface area (Å²) in [6, 6.07) is 2.12. The third-order valence-corrected chi connectivity index (χ3v) is 4.00. The zero-order chi connectivity index (χ0) is 9.80. The summed E-state index contributed by atoms with van der Waals surface area (Å²) < 4.78 is 1.18. The van der Waals surface area contributed by atoms with Gasteiger partial charge in [0.15, 0.2) is 0 Å². The van der Waals surface area contributed by atoms with E-state index >= 15 is 0 Å². The molecule has 1 aromatic rings. The normalized spacial score (nSPS) is 17.8. The first-order chi connectivity index (χ1) is 6.84. The van der Waals surface area contributed by atoms with Crippen LogP contribution in [0.25, 0.3) is 0 Å². The molecule has 0 atom stereocenters. The van der Waals surface area contributed by atoms with Crippen LogP contribution in [-0.4, -0.2) is 6.10 Å². The lowest BCUT2D eigenvalue weighted by atomic mass is 10.3. The van der Waals surface area contributed by atoms with Crippen LogP contribution in [0.3, 0.4) is 0 Å². The molecule has 1 N–H and O–H groups in total. The van der Waals surface area contributed by atoms with E-state index in [1.54, 1.807) is 11.3 Å². The van der Waals surface area contributed by atoms with E-state index in [9.17, 15) is 0 Å². The maximum Gasteiger partial charge on any atom is 0.0790 e. The molecule has 0 unspecified atom stereocenters. The number of rotatable bonds is 4. The van der Waals surface area contributed by atoms with Crippen molar-refractivity contribution in [1.29, 1.82) is 0 Å². The van der Waals surface area contributed by atoms with Crippen molar-refractivity contribution >= 4 is 27.3 Å². The number of hydrogen-bond donors (Lipinski definition) is 1. The van der Waals surface area contributed by atoms with Gasteiger partial charge in [-0.1, -0.05) is 12.8 Å². The molecule has 0 amide bonds. The first kappa shape index (κ1) is 10.6. The van der Waals surface area contributed by atoms with Gasteiger partial charge < -0.3 is 0 Å². The second kappa shape index (κ2) is 5.26. The Hall–Kier alpha value is 0.1000. The van der Waals surface area contributed by atoms with Crippen molar-refractivity contribution in [1.82, 2.24) is 5.48 Å². The van der Waals surface area contributed by atoms with Crippen LogP contribution in [0.1, 0.15) is 31.2 Å². The van der Waals surface area contributed by atoms with E-state index in [0.717, 1.165) is 6.54 Å². The Labute approximate surface area is 96.7 Å². The Morgan fingerprint density at radius 3 is 2.93 bits per heavy atom. The van der Waals surface area contributed by atoms with Gasteiger partial charge in [-0.2, -0.15) is 5.48 Å². The minimum atomic E-state index is 0.442. The maximum absolute atomic E-state index is 5.56. The van der Waals surface area contributed by atoms with Crippen molar-refractivity contribution in [2.45, 2.75) is 38.3 Å². The van der Waals surface area contributed by atoms with Gasteiger partial charge in [-0.05, 0) is 45.8 Å². The predicted molar refractivity (Wildman–Crippen MR) is 62.2 cm³/mol. The van der Waals surface area contributed by atoms with Gasteiger partial charge in [0.25, 0.3) is 0 Å². The van der Waals surface area contributed by atoms with Gasteiger partial charge in [0, 0.05) is 6.54 Å². The third kappa shape index (κ3) is 3.05. The molecule has 2 rings (SSSR count). The number of nitrogens with one attached hydrogen (secondary N) is 1. The van der Waals surface area contributed by atoms with E-state index in [1.807, 2.05) is 0 Å². The standard InChI is InChI=1S/C10H14BrNOS/c11-10-5-8(7-14-10)6-12-13-9-3-1-2-4-9/h5,7,9,12H,1-4,6H2. The molecular weight excluding hydrogens is 262 g/mol. The molecule has 78 valence electrons. The van der Waals surface area contributed by atoms with E-state index in [1.165, 1.54) is 35.0 Å². The van der Waals surface area contributed by atoms with E-state index in [4.69, 9.17) is 4.84 Å². The molecule has 2 nitrogen and oxygen atoms in total. The minimum absolute atomic E-state index is 0.442. The SMILES string of the molecule is Brc1cc(CNOC2CCCC2)cs1. The third-order valence-electron chi connectivity index (χ3n) is 2.45. The first-order valence-corrected chi connectivity index (χ1v) is 6.63. The second-order valence-corrected chi connectivity index (χ2v) is 5.89. The summed E-state index contributed by atoms with van der Waals surface area (Å²) in [6.45, 7) is 0.804. The molecule has 1 aliphatic rings. The summed E-state index contributed by atoms with van der Waals surface area (Å²) in [7, 11) is 0. The van der Waals surface area contributed by atoms with Gasteiger partial charge in [-0.25, -0.2) is 0 Å². The van der Waals surface area contributed by atoms with Crippen molar-refractivity contribution in [2.24, 2.45) is 0 Å². The average molecular weight is 276 g/mol. The number of thiophene rings is 1. The van der Waals surface area contributed by atoms with E-state index < -0.39 is 0 Å². The quantitative estimate of drug-likeness (QED) is 0.850. The Bertz CT molecular complexity index is 283. The van der Waals surface area contributed by atoms with Crippen LogP contribution in [0.4, 0.5) is 0 Å². The minimum Gasteiger partial charge on any atom is -0.298 e. The summed E-state index contributed by atoms with van der Waals surface area (Å²) >= 11 is 5.15. The van der Waals surface area contributed by atoms with Crippen molar-refractivity contribution in [3.8, 4) is 0 Å². The molecule has 0 aliphatic heterocycles. The zero-order valence-electron chi connectivity index (χ0n) is 7.96. The molecule has 1 aliphatic carbocycles. The van der Waals surface area contributed by atoms with Crippen molar-refractivity contribution in [3.63, 3.8) is 0 Å². The fourth-order valence-corrected chi connectivity index (χ4v) is 2.90. The molecule has 0 saturated heterocycles. The molecule has 0 radical (unpaired) electrons. The monoisotopic (exact) mass is 275 g/mol. The van der Waals surface area contributed by atoms with Crippen LogP contribution in [-0.2, 0) is 11.4 Å². The molecule has 0 aromatic carbocycles. The van der Waals surface area contributed by atoms with Gasteiger partial charge in [-0.15, -0.1) is 11.3 Å². The second-order valence-electron chi connectivity index (χ2n) is 3.60. The molecule has 1 saturated carbocycles. The molecule has 14 heavy (non-hydrogen) atoms. The highest BCUT2D eigenvalue weighted by Crippen LogP contribution is 2.22. The lowest BCUT2D eigenvalue weighted by molar-refractivity contribution is -0.0243. The van der Waals surface area contributed by atoms with Crippen LogP contribution >= 0.6 is 27.3 Å². The van der Waals surface area contributed by atoms with Gasteiger partial charge in [0.05, 0.1) is 9.89 Å². The molecule has 4 heteroatoms. The van der Waals surface area contributed by atoms with Crippen molar-refractivity contribution in [2.75, 3.05) is 0 Å². The fourth-order valence-electron chi connectivity index (χ4n) is 1.69. The highest BCUT2D eigenvalue weighted by molar-refractivity contribution is 9.11. The predicted octanol–water partition coefficient (Wildman–Crippen LogP) is 3.47. The van der Waals surface area contributed by atoms with Crippen LogP contribution in [0.2, 0.25) is 0 Å². The fraction of sp³-hybridized carbons (Fsp3) is 0.600. The zero-order valence-corrected chi connectivity index (χ0v) is 10.4. The molecule has 1 aromatic heterocycles. The van der Waals surface area contributed by atoms with Gasteiger partial charge in [-0.3, -0.25) is 4.84 Å². The highest BCUT2D eigenvalue weighted by atomic mass is 79.9. The van der Waals surface area contributed by atoms with Crippen LogP contribution in [0.15, 0.2) is 15.2 Å². The van der Waals surface area contributed by atoms with Gasteiger partial charge in [0.2, 0.25) is 0 Å². The van der Waals surface area contributed by atoms with E-state index in [-0.39, 0.29) is 0 Å². The Balaban J connectivity index is 1.67. The smallest absolute Gasteiger partial charge is 0.0790 e. The lowest BCUT2D eigenvalue weighted by Crippen LogP contribution is -2.20. The first-order valence-electron chi connectivity index (χ1n) is 4.96. The molecule has 1 heterocycles. The summed E-state index contributed by atoms with van der Waals surface area (Å²) in [4.78, 5) is 5.56. The van der Waals surface area contributed by atoms with Gasteiger partial charge >= 0.3 is 0 Å². The van der Waals surface area contributed by atoms with Gasteiger partial charge in [0.1, 0.15) is 0 Å². The summed E-state index contributed by atoms with van der Waals surface area (Å²) in [5.41, 5.74) is 4.32. The van der Waals surface area contributed by atoms with E-state index in [0.29, 0.717) is 6.10 Å². The number of halogens is 1. The number of hydroxylamine groups is 1.